The van der Waals surface area contributed by atoms with Gasteiger partial charge >= 0.3 is 6.85 Å². The van der Waals surface area contributed by atoms with Gasteiger partial charge in [-0.15, -0.1) is 11.3 Å². The van der Waals surface area contributed by atoms with Crippen LogP contribution >= 0.6 is 11.3 Å². The lowest BCUT2D eigenvalue weighted by Crippen LogP contribution is -2.61. The van der Waals surface area contributed by atoms with E-state index in [4.69, 9.17) is 4.42 Å². The average Bonchev–Trinajstić information content (AvgIpc) is 3.90. The summed E-state index contributed by atoms with van der Waals surface area (Å²) in [4.78, 5) is 5.51. The van der Waals surface area contributed by atoms with Crippen LogP contribution < -0.4 is 20.6 Å². The average molecular weight is 961 g/mol. The van der Waals surface area contributed by atoms with Crippen LogP contribution in [0.4, 0.5) is 28.4 Å². The summed E-state index contributed by atoms with van der Waals surface area (Å²) in [6.45, 7) is 31.9. The van der Waals surface area contributed by atoms with Gasteiger partial charge in [0.25, 0.3) is 0 Å². The summed E-state index contributed by atoms with van der Waals surface area (Å²) < 4.78 is 10.1. The maximum atomic E-state index is 7.41. The Morgan fingerprint density at radius 3 is 1.68 bits per heavy atom. The Labute approximate surface area is 431 Å². The van der Waals surface area contributed by atoms with Crippen molar-refractivity contribution in [1.82, 2.24) is 0 Å². The summed E-state index contributed by atoms with van der Waals surface area (Å²) in [5, 5.41) is 4.98. The fourth-order valence-corrected chi connectivity index (χ4v) is 15.8. The standard InChI is InChI=1S/C67H69BN2OS/c1-38-30-47-50(66(10,11)28-26-63(47,4)5)35-53(38)69-55-34-43-41-19-15-17-21-57(41)72-58(43)37-52(55)68-59-44(32-45-40-18-14-16-20-56(40)71-61(45)60(59)69)42-33-49-51(67(12,13)29-27-65(49,8)9)36-54(42)70(68)39-22-23-46-48(31-39)64(6,7)25-24-62(46,2)3/h14-23,30-37H,24-29H2,1-13H3. The highest BCUT2D eigenvalue weighted by molar-refractivity contribution is 7.26. The molecule has 7 aromatic carbocycles. The minimum Gasteiger partial charge on any atom is -0.454 e. The van der Waals surface area contributed by atoms with Gasteiger partial charge in [-0.25, -0.2) is 0 Å². The Morgan fingerprint density at radius 1 is 0.458 bits per heavy atom. The first-order chi connectivity index (χ1) is 34.0. The van der Waals surface area contributed by atoms with E-state index in [9.17, 15) is 0 Å². The lowest BCUT2D eigenvalue weighted by atomic mass is 9.43. The first kappa shape index (κ1) is 44.9. The van der Waals surface area contributed by atoms with Crippen molar-refractivity contribution < 1.29 is 4.42 Å². The van der Waals surface area contributed by atoms with Gasteiger partial charge in [-0.2, -0.15) is 0 Å². The van der Waals surface area contributed by atoms with Crippen molar-refractivity contribution >= 4 is 99.7 Å². The van der Waals surface area contributed by atoms with Gasteiger partial charge in [0.15, 0.2) is 5.58 Å². The van der Waals surface area contributed by atoms with E-state index in [1.54, 1.807) is 0 Å². The highest BCUT2D eigenvalue weighted by Gasteiger charge is 2.50. The van der Waals surface area contributed by atoms with Gasteiger partial charge in [-0.05, 0) is 194 Å². The van der Waals surface area contributed by atoms with E-state index in [-0.39, 0.29) is 39.3 Å². The number of nitrogens with zero attached hydrogens (tertiary/aromatic N) is 2. The molecule has 2 aliphatic heterocycles. The molecule has 0 fully saturated rings. The molecule has 362 valence electrons. The molecule has 0 radical (unpaired) electrons. The van der Waals surface area contributed by atoms with Crippen LogP contribution in [0.15, 0.2) is 114 Å². The second-order valence-corrected chi connectivity index (χ2v) is 28.0. The fourth-order valence-electron chi connectivity index (χ4n) is 14.7. The minimum atomic E-state index is -0.148. The zero-order valence-electron chi connectivity index (χ0n) is 44.9. The predicted octanol–water partition coefficient (Wildman–Crippen LogP) is 18.0. The molecule has 4 heterocycles. The van der Waals surface area contributed by atoms with Crippen molar-refractivity contribution in [3.05, 3.63) is 148 Å². The molecule has 2 aromatic heterocycles. The van der Waals surface area contributed by atoms with Gasteiger partial charge in [0.2, 0.25) is 0 Å². The summed E-state index contributed by atoms with van der Waals surface area (Å²) in [5.74, 6) is 0. The SMILES string of the molecule is Cc1cc2c(cc1N1c3cc4c(cc3B3c5c(cc6c(oc7ccccc76)c51)-c1cc5c(cc1N3c1ccc3c(c1)C(C)(C)CCC3(C)C)C(C)(C)CCC5(C)C)sc1ccccc14)C(C)(C)CCC2(C)C. The van der Waals surface area contributed by atoms with Crippen LogP contribution in [0.25, 0.3) is 53.2 Å². The molecule has 0 unspecified atom stereocenters. The maximum Gasteiger partial charge on any atom is 0.333 e. The normalized spacial score (nSPS) is 20.3. The number of para-hydroxylation sites is 1. The highest BCUT2D eigenvalue weighted by Crippen LogP contribution is 2.58. The number of aryl methyl sites for hydroxylation is 1. The van der Waals surface area contributed by atoms with Gasteiger partial charge in [-0.3, -0.25) is 0 Å². The highest BCUT2D eigenvalue weighted by atomic mass is 32.1. The molecule has 9 aromatic rings. The second kappa shape index (κ2) is 14.3. The molecule has 5 aliphatic rings. The van der Waals surface area contributed by atoms with E-state index >= 15 is 0 Å². The number of benzene rings is 7. The maximum absolute atomic E-state index is 7.41. The summed E-state index contributed by atoms with van der Waals surface area (Å²) in [5.41, 5.74) is 24.0. The number of thiophene rings is 1. The third-order valence-corrected chi connectivity index (χ3v) is 20.7. The second-order valence-electron chi connectivity index (χ2n) is 26.9. The molecular weight excluding hydrogens is 892 g/mol. The van der Waals surface area contributed by atoms with Gasteiger partial charge in [-0.1, -0.05) is 132 Å². The predicted molar refractivity (Wildman–Crippen MR) is 311 cm³/mol. The Hall–Kier alpha value is -5.78. The lowest BCUT2D eigenvalue weighted by molar-refractivity contribution is 0.332. The number of furan rings is 1. The van der Waals surface area contributed by atoms with Crippen LogP contribution in [-0.4, -0.2) is 6.85 Å². The third kappa shape index (κ3) is 6.04. The molecule has 0 atom stereocenters. The van der Waals surface area contributed by atoms with E-state index < -0.39 is 0 Å². The number of hydrogen-bond donors (Lipinski definition) is 0. The topological polar surface area (TPSA) is 19.6 Å². The molecule has 0 bridgehead atoms. The largest absolute Gasteiger partial charge is 0.454 e. The zero-order chi connectivity index (χ0) is 50.0. The molecule has 0 N–H and O–H groups in total. The van der Waals surface area contributed by atoms with Crippen LogP contribution in [0.3, 0.4) is 0 Å². The van der Waals surface area contributed by atoms with Crippen molar-refractivity contribution in [3.8, 4) is 11.1 Å². The van der Waals surface area contributed by atoms with Gasteiger partial charge in [0.1, 0.15) is 5.58 Å². The van der Waals surface area contributed by atoms with Crippen molar-refractivity contribution in [2.75, 3.05) is 9.71 Å². The number of anilines is 5. The lowest BCUT2D eigenvalue weighted by Gasteiger charge is -2.49. The van der Waals surface area contributed by atoms with Crippen LogP contribution in [-0.2, 0) is 32.5 Å². The van der Waals surface area contributed by atoms with Crippen LogP contribution in [0.2, 0.25) is 0 Å². The number of rotatable bonds is 2. The first-order valence-corrected chi connectivity index (χ1v) is 27.9. The van der Waals surface area contributed by atoms with E-state index in [2.05, 4.69) is 209 Å². The molecule has 72 heavy (non-hydrogen) atoms. The van der Waals surface area contributed by atoms with E-state index in [0.29, 0.717) is 0 Å². The first-order valence-electron chi connectivity index (χ1n) is 27.1. The number of fused-ring (bicyclic) bond motifs is 14. The molecule has 3 aliphatic carbocycles. The zero-order valence-corrected chi connectivity index (χ0v) is 45.7. The monoisotopic (exact) mass is 961 g/mol. The third-order valence-electron chi connectivity index (χ3n) is 19.5. The molecular formula is C67H69BN2OS. The summed E-state index contributed by atoms with van der Waals surface area (Å²) in [7, 11) is 0. The van der Waals surface area contributed by atoms with E-state index in [1.165, 1.54) is 140 Å². The molecule has 14 rings (SSSR count). The molecule has 0 saturated heterocycles. The van der Waals surface area contributed by atoms with Gasteiger partial charge in [0, 0.05) is 59.3 Å². The minimum absolute atomic E-state index is 0.0248. The van der Waals surface area contributed by atoms with Gasteiger partial charge in [0.05, 0.1) is 5.69 Å². The Bertz CT molecular complexity index is 3870. The van der Waals surface area contributed by atoms with Crippen molar-refractivity contribution in [2.45, 2.75) is 161 Å². The molecule has 0 spiro atoms. The Morgan fingerprint density at radius 2 is 1.01 bits per heavy atom. The molecule has 5 heteroatoms. The summed E-state index contributed by atoms with van der Waals surface area (Å²) in [6, 6.07) is 43.7. The smallest absolute Gasteiger partial charge is 0.333 e. The fraction of sp³-hybridized carbons (Fsp3) is 0.373. The Kier molecular flexibility index (Phi) is 8.91. The Balaban J connectivity index is 1.18. The van der Waals surface area contributed by atoms with Crippen LogP contribution in [0.5, 0.6) is 0 Å². The van der Waals surface area contributed by atoms with Crippen LogP contribution in [0, 0.1) is 6.92 Å². The quantitative estimate of drug-likeness (QED) is 0.161. The van der Waals surface area contributed by atoms with Crippen LogP contribution in [0.1, 0.15) is 161 Å². The van der Waals surface area contributed by atoms with Crippen molar-refractivity contribution in [1.29, 1.82) is 0 Å². The summed E-state index contributed by atoms with van der Waals surface area (Å²) in [6.07, 6.45) is 7.01. The van der Waals surface area contributed by atoms with E-state index in [0.717, 1.165) is 30.4 Å². The van der Waals surface area contributed by atoms with E-state index in [1.807, 2.05) is 11.3 Å². The van der Waals surface area contributed by atoms with Crippen molar-refractivity contribution in [2.24, 2.45) is 0 Å². The number of hydrogen-bond acceptors (Lipinski definition) is 4. The van der Waals surface area contributed by atoms with Gasteiger partial charge < -0.3 is 14.1 Å². The molecule has 3 nitrogen and oxygen atoms in total. The summed E-state index contributed by atoms with van der Waals surface area (Å²) >= 11 is 1.94. The molecule has 0 amide bonds. The van der Waals surface area contributed by atoms with Crippen molar-refractivity contribution in [3.63, 3.8) is 0 Å². The molecule has 0 saturated carbocycles.